The van der Waals surface area contributed by atoms with Crippen LogP contribution in [0.5, 0.6) is 0 Å². The molecule has 0 aliphatic carbocycles. The Labute approximate surface area is 284 Å². The van der Waals surface area contributed by atoms with Crippen molar-refractivity contribution in [2.24, 2.45) is 17.8 Å². The molecule has 3 aliphatic heterocycles. The van der Waals surface area contributed by atoms with Gasteiger partial charge in [-0.3, -0.25) is 19.4 Å². The summed E-state index contributed by atoms with van der Waals surface area (Å²) >= 11 is 0. The van der Waals surface area contributed by atoms with Crippen LogP contribution in [-0.2, 0) is 0 Å². The summed E-state index contributed by atoms with van der Waals surface area (Å²) in [5, 5.41) is 3.18. The van der Waals surface area contributed by atoms with E-state index in [1.807, 2.05) is 6.20 Å². The smallest absolute Gasteiger partial charge is 0.0199 e. The molecule has 0 saturated carbocycles. The molecular weight excluding hydrogens is 555 g/mol. The van der Waals surface area contributed by atoms with Crippen LogP contribution in [0.15, 0.2) is 11.8 Å². The molecule has 3 unspecified atom stereocenters. The fourth-order valence-corrected chi connectivity index (χ4v) is 7.36. The molecule has 0 bridgehead atoms. The molecule has 1 N–H and O–H groups in total. The lowest BCUT2D eigenvalue weighted by atomic mass is 9.92. The van der Waals surface area contributed by atoms with Gasteiger partial charge in [-0.05, 0) is 151 Å². The normalized spacial score (nSPS) is 23.2. The van der Waals surface area contributed by atoms with Gasteiger partial charge >= 0.3 is 0 Å². The average molecular weight is 641 g/mol. The van der Waals surface area contributed by atoms with E-state index in [1.165, 1.54) is 83.0 Å². The highest BCUT2D eigenvalue weighted by atomic mass is 19.0. The molecule has 0 amide bonds. The molecule has 0 spiro atoms. The van der Waals surface area contributed by atoms with E-state index in [9.17, 15) is 0 Å². The van der Waals surface area contributed by atoms with E-state index in [2.05, 4.69) is 131 Å². The van der Waals surface area contributed by atoms with Gasteiger partial charge in [0.2, 0.25) is 0 Å². The Bertz CT molecular complexity index is 665. The minimum Gasteiger partial charge on any atom is -0.389 e. The predicted octanol–water partition coefficient (Wildman–Crippen LogP) is 10.8. The van der Waals surface area contributed by atoms with Gasteiger partial charge in [0.1, 0.15) is 0 Å². The van der Waals surface area contributed by atoms with Gasteiger partial charge in [0, 0.05) is 42.3 Å². The largest absolute Gasteiger partial charge is 0.389 e. The molecule has 5 heteroatoms. The fraction of sp³-hybridized carbons (Fsp3) is 0.950. The molecule has 0 aromatic heterocycles. The first-order valence-electron chi connectivity index (χ1n) is 19.2. The number of halogens is 1. The Morgan fingerprint density at radius 1 is 0.489 bits per heavy atom. The first kappa shape index (κ1) is 46.5. The zero-order valence-electron chi connectivity index (χ0n) is 33.6. The van der Waals surface area contributed by atoms with Crippen LogP contribution in [0.4, 0.5) is 4.70 Å². The molecule has 3 heterocycles. The number of hydrogen-bond donors (Lipinski definition) is 1. The molecule has 3 saturated heterocycles. The highest BCUT2D eigenvalue weighted by molar-refractivity contribution is 4.91. The lowest BCUT2D eigenvalue weighted by Crippen LogP contribution is -2.46. The van der Waals surface area contributed by atoms with Gasteiger partial charge in [0.05, 0.1) is 0 Å². The molecule has 0 radical (unpaired) electrons. The maximum Gasteiger partial charge on any atom is 0.0199 e. The lowest BCUT2D eigenvalue weighted by Gasteiger charge is -2.40. The predicted molar refractivity (Wildman–Crippen MR) is 203 cm³/mol. The maximum atomic E-state index is 3.18. The van der Waals surface area contributed by atoms with Crippen LogP contribution in [0.3, 0.4) is 0 Å². The minimum absolute atomic E-state index is 0. The highest BCUT2D eigenvalue weighted by Gasteiger charge is 2.29. The van der Waals surface area contributed by atoms with Crippen LogP contribution in [0.25, 0.3) is 0 Å². The third-order valence-electron chi connectivity index (χ3n) is 9.78. The van der Waals surface area contributed by atoms with E-state index in [0.717, 1.165) is 54.0 Å². The van der Waals surface area contributed by atoms with E-state index in [0.29, 0.717) is 6.04 Å². The zero-order valence-corrected chi connectivity index (χ0v) is 33.6. The summed E-state index contributed by atoms with van der Waals surface area (Å²) in [5.41, 5.74) is 1.32. The number of rotatable bonds is 8. The Morgan fingerprint density at radius 3 is 1.09 bits per heavy atom. The molecule has 3 rings (SSSR count). The van der Waals surface area contributed by atoms with Gasteiger partial charge in [-0.25, -0.2) is 0 Å². The lowest BCUT2D eigenvalue weighted by molar-refractivity contribution is 0.0808. The number of hydrogen-bond acceptors (Lipinski definition) is 4. The first-order valence-corrected chi connectivity index (χ1v) is 19.2. The van der Waals surface area contributed by atoms with Gasteiger partial charge in [0.15, 0.2) is 0 Å². The molecule has 4 nitrogen and oxygen atoms in total. The number of nitrogens with zero attached hydrogens (tertiary/aromatic N) is 3. The second-order valence-corrected chi connectivity index (χ2v) is 16.5. The van der Waals surface area contributed by atoms with Gasteiger partial charge in [0.25, 0.3) is 0 Å². The quantitative estimate of drug-likeness (QED) is 0.285. The van der Waals surface area contributed by atoms with E-state index < -0.39 is 0 Å². The minimum atomic E-state index is 0. The summed E-state index contributed by atoms with van der Waals surface area (Å²) in [6.07, 6.45) is 14.8. The molecule has 272 valence electrons. The van der Waals surface area contributed by atoms with E-state index in [-0.39, 0.29) is 4.70 Å². The maximum absolute atomic E-state index is 3.18. The molecule has 3 atom stereocenters. The average Bonchev–Trinajstić information content (AvgIpc) is 3.31. The van der Waals surface area contributed by atoms with Crippen LogP contribution < -0.4 is 5.32 Å². The van der Waals surface area contributed by atoms with Crippen molar-refractivity contribution in [1.82, 2.24) is 20.0 Å². The molecule has 0 aromatic rings. The Kier molecular flexibility index (Phi) is 26.2. The number of piperidine rings is 1. The van der Waals surface area contributed by atoms with E-state index >= 15 is 0 Å². The number of likely N-dealkylation sites (tertiary alicyclic amines) is 3. The third kappa shape index (κ3) is 19.7. The van der Waals surface area contributed by atoms with Crippen molar-refractivity contribution < 1.29 is 4.70 Å². The molecule has 0 aromatic carbocycles. The summed E-state index contributed by atoms with van der Waals surface area (Å²) in [6, 6.07) is 5.30. The van der Waals surface area contributed by atoms with Crippen LogP contribution in [-0.4, -0.2) is 76.6 Å². The fourth-order valence-electron chi connectivity index (χ4n) is 7.36. The van der Waals surface area contributed by atoms with Crippen molar-refractivity contribution in [3.8, 4) is 0 Å². The molecule has 3 aliphatic rings. The van der Waals surface area contributed by atoms with Crippen molar-refractivity contribution in [1.29, 1.82) is 0 Å². The highest BCUT2D eigenvalue weighted by Crippen LogP contribution is 2.26. The van der Waals surface area contributed by atoms with Crippen molar-refractivity contribution in [3.05, 3.63) is 11.8 Å². The van der Waals surface area contributed by atoms with Gasteiger partial charge in [-0.1, -0.05) is 66.4 Å². The van der Waals surface area contributed by atoms with Gasteiger partial charge < -0.3 is 5.32 Å². The zero-order chi connectivity index (χ0) is 34.0. The summed E-state index contributed by atoms with van der Waals surface area (Å²) in [6.45, 7) is 40.4. The standard InChI is InChI=1S/C12H25N.C11H23N.C10H21N.C7H15N.FH/c1-10(2)12-8-6-5-7-9-13(12)11(3)4;1-9(2)11-7-5-6-8-12(11)10(3)4;1-8(2)10-6-5-7-11(10)9(3)4;1-6(2)5-8-7(3)4;/h10-12H,5-9H2,1-4H3;9-11H,5-8H2,1-4H3;8-10H,5-7H2,1-4H3;5,7-8H,1-4H3;1H. The van der Waals surface area contributed by atoms with Crippen molar-refractivity contribution in [2.45, 2.75) is 211 Å². The van der Waals surface area contributed by atoms with E-state index in [4.69, 9.17) is 0 Å². The summed E-state index contributed by atoms with van der Waals surface area (Å²) in [7, 11) is 0. The SMILES string of the molecule is CC(C)=CNC(C)C.CC(C)C1CCCCCN1C(C)C.CC(C)C1CCCCN1C(C)C.CC(C)C1CCCN1C(C)C.F. The van der Waals surface area contributed by atoms with Crippen molar-refractivity contribution in [2.75, 3.05) is 19.6 Å². The second-order valence-electron chi connectivity index (χ2n) is 16.5. The topological polar surface area (TPSA) is 21.8 Å². The Balaban J connectivity index is 0. The van der Waals surface area contributed by atoms with Gasteiger partial charge in [-0.2, -0.15) is 0 Å². The van der Waals surface area contributed by atoms with Crippen LogP contribution in [0.1, 0.15) is 169 Å². The molecular formula is C40H85FN4. The van der Waals surface area contributed by atoms with Crippen LogP contribution in [0, 0.1) is 17.8 Å². The Hall–Kier alpha value is -0.650. The third-order valence-corrected chi connectivity index (χ3v) is 9.78. The monoisotopic (exact) mass is 641 g/mol. The second kappa shape index (κ2) is 25.4. The van der Waals surface area contributed by atoms with E-state index in [1.54, 1.807) is 0 Å². The van der Waals surface area contributed by atoms with Crippen molar-refractivity contribution >= 4 is 0 Å². The first-order chi connectivity index (χ1) is 20.5. The molecule has 3 fully saturated rings. The summed E-state index contributed by atoms with van der Waals surface area (Å²) in [5.74, 6) is 2.48. The molecule has 45 heavy (non-hydrogen) atoms. The van der Waals surface area contributed by atoms with Crippen molar-refractivity contribution in [3.63, 3.8) is 0 Å². The van der Waals surface area contributed by atoms with Gasteiger partial charge in [-0.15, -0.1) is 0 Å². The summed E-state index contributed by atoms with van der Waals surface area (Å²) in [4.78, 5) is 8.02. The number of allylic oxidation sites excluding steroid dienone is 1. The Morgan fingerprint density at radius 2 is 0.800 bits per heavy atom. The summed E-state index contributed by atoms with van der Waals surface area (Å²) < 4.78 is 0. The van der Waals surface area contributed by atoms with Crippen LogP contribution in [0.2, 0.25) is 0 Å². The van der Waals surface area contributed by atoms with Crippen LogP contribution >= 0.6 is 0 Å². The number of nitrogens with one attached hydrogen (secondary N) is 1.